The van der Waals surface area contributed by atoms with Gasteiger partial charge in [0.2, 0.25) is 10.0 Å². The van der Waals surface area contributed by atoms with Gasteiger partial charge in [0.05, 0.1) is 16.9 Å². The van der Waals surface area contributed by atoms with Crippen molar-refractivity contribution in [2.24, 2.45) is 5.10 Å². The van der Waals surface area contributed by atoms with Crippen molar-refractivity contribution in [1.29, 1.82) is 0 Å². The lowest BCUT2D eigenvalue weighted by Gasteiger charge is -2.31. The summed E-state index contributed by atoms with van der Waals surface area (Å²) in [7, 11) is -5.40. The number of likely N-dealkylation sites (N-methyl/N-ethyl adjacent to an activating group) is 1. The van der Waals surface area contributed by atoms with Gasteiger partial charge in [0, 0.05) is 42.3 Å². The summed E-state index contributed by atoms with van der Waals surface area (Å²) in [6.45, 7) is 3.73. The average Bonchev–Trinajstić information content (AvgIpc) is 2.78. The fourth-order valence-electron chi connectivity index (χ4n) is 3.03. The molecule has 0 unspecified atom stereocenters. The van der Waals surface area contributed by atoms with Crippen molar-refractivity contribution >= 4 is 43.4 Å². The highest BCUT2D eigenvalue weighted by Gasteiger charge is 2.28. The van der Waals surface area contributed by atoms with Crippen molar-refractivity contribution in [3.05, 3.63) is 58.6 Å². The van der Waals surface area contributed by atoms with E-state index in [-0.39, 0.29) is 16.2 Å². The largest absolute Gasteiger partial charge is 0.507 e. The van der Waals surface area contributed by atoms with Crippen LogP contribution < -0.4 is 5.43 Å². The Morgan fingerprint density at radius 3 is 2.26 bits per heavy atom. The lowest BCUT2D eigenvalue weighted by atomic mass is 10.1. The van der Waals surface area contributed by atoms with E-state index in [2.05, 4.69) is 15.4 Å². The van der Waals surface area contributed by atoms with Crippen LogP contribution in [0.4, 0.5) is 0 Å². The summed E-state index contributed by atoms with van der Waals surface area (Å²) < 4.78 is 53.1. The number of carbonyl (C=O) groups excluding carboxylic acids is 1. The number of hydrogen-bond acceptors (Lipinski definition) is 8. The van der Waals surface area contributed by atoms with Crippen molar-refractivity contribution in [3.63, 3.8) is 0 Å². The summed E-state index contributed by atoms with van der Waals surface area (Å²) in [6, 6.07) is 10.4. The van der Waals surface area contributed by atoms with Crippen molar-refractivity contribution in [3.8, 4) is 5.75 Å². The standard InChI is InChI=1S/C20H23ClN4O4S.CH4O3S/c1-14(18-13-16(21)6-7-19(18)26)22-23-20(27)15-4-3-5-17(12-15)30(28,29)25-10-8-24(2)9-11-25;1-5(2,3)4/h3-7,12-13,26H,8-11H2,1-2H3,(H,23,27);1H3,(H,2,3,4). The van der Waals surface area contributed by atoms with E-state index in [0.29, 0.717) is 48.7 Å². The fourth-order valence-corrected chi connectivity index (χ4v) is 4.67. The van der Waals surface area contributed by atoms with Crippen molar-refractivity contribution in [1.82, 2.24) is 14.6 Å². The van der Waals surface area contributed by atoms with Crippen LogP contribution in [0.5, 0.6) is 5.75 Å². The molecule has 1 aliphatic heterocycles. The number of hydrazone groups is 1. The molecule has 0 saturated carbocycles. The van der Waals surface area contributed by atoms with Crippen LogP contribution in [0.1, 0.15) is 22.8 Å². The highest BCUT2D eigenvalue weighted by molar-refractivity contribution is 7.89. The number of nitrogens with one attached hydrogen (secondary N) is 1. The van der Waals surface area contributed by atoms with Gasteiger partial charge >= 0.3 is 0 Å². The SMILES string of the molecule is CC(=NNC(=O)c1cccc(S(=O)(=O)N2CCN(C)CC2)c1)c1cc(Cl)ccc1O.CS(=O)(=O)O. The van der Waals surface area contributed by atoms with E-state index in [4.69, 9.17) is 16.2 Å². The second-order valence-electron chi connectivity index (χ2n) is 7.77. The van der Waals surface area contributed by atoms with E-state index < -0.39 is 26.0 Å². The first-order chi connectivity index (χ1) is 16.2. The number of rotatable bonds is 5. The highest BCUT2D eigenvalue weighted by Crippen LogP contribution is 2.22. The van der Waals surface area contributed by atoms with Gasteiger partial charge in [0.15, 0.2) is 0 Å². The first kappa shape index (κ1) is 28.7. The van der Waals surface area contributed by atoms with E-state index in [9.17, 15) is 26.7 Å². The van der Waals surface area contributed by atoms with Gasteiger partial charge in [0.1, 0.15) is 5.75 Å². The molecule has 1 saturated heterocycles. The summed E-state index contributed by atoms with van der Waals surface area (Å²) in [6.07, 6.45) is 0.715. The van der Waals surface area contributed by atoms with Crippen molar-refractivity contribution < 1.29 is 31.3 Å². The van der Waals surface area contributed by atoms with Crippen LogP contribution in [0.15, 0.2) is 52.5 Å². The maximum absolute atomic E-state index is 12.9. The lowest BCUT2D eigenvalue weighted by molar-refractivity contribution is 0.0954. The third-order valence-corrected chi connectivity index (χ3v) is 7.00. The van der Waals surface area contributed by atoms with Crippen LogP contribution in [-0.2, 0) is 20.1 Å². The number of phenolic OH excluding ortho intramolecular Hbond substituents is 1. The molecule has 192 valence electrons. The number of halogens is 1. The third-order valence-electron chi connectivity index (χ3n) is 4.87. The molecule has 2 aromatic carbocycles. The summed E-state index contributed by atoms with van der Waals surface area (Å²) in [4.78, 5) is 14.6. The van der Waals surface area contributed by atoms with Crippen molar-refractivity contribution in [2.75, 3.05) is 39.5 Å². The fraction of sp³-hybridized carbons (Fsp3) is 0.333. The Kier molecular flexibility index (Phi) is 9.77. The Bertz CT molecular complexity index is 1300. The van der Waals surface area contributed by atoms with Gasteiger partial charge < -0.3 is 10.0 Å². The van der Waals surface area contributed by atoms with Gasteiger partial charge in [-0.15, -0.1) is 0 Å². The number of aromatic hydroxyl groups is 1. The molecular weight excluding hydrogens is 520 g/mol. The molecule has 0 aromatic heterocycles. The maximum Gasteiger partial charge on any atom is 0.271 e. The normalized spacial score (nSPS) is 15.7. The quantitative estimate of drug-likeness (QED) is 0.290. The minimum absolute atomic E-state index is 0.0184. The monoisotopic (exact) mass is 546 g/mol. The summed E-state index contributed by atoms with van der Waals surface area (Å²) in [5.41, 5.74) is 3.29. The first-order valence-electron chi connectivity index (χ1n) is 10.2. The molecule has 3 rings (SSSR count). The maximum atomic E-state index is 12.9. The molecule has 0 spiro atoms. The van der Waals surface area contributed by atoms with Crippen LogP contribution in [0, 0.1) is 0 Å². The summed E-state index contributed by atoms with van der Waals surface area (Å²) in [5, 5.41) is 14.3. The number of nitrogens with zero attached hydrogens (tertiary/aromatic N) is 3. The predicted molar refractivity (Wildman–Crippen MR) is 133 cm³/mol. The third kappa shape index (κ3) is 8.87. The molecule has 11 nitrogen and oxygen atoms in total. The average molecular weight is 547 g/mol. The van der Waals surface area contributed by atoms with E-state index in [1.807, 2.05) is 7.05 Å². The molecule has 3 N–H and O–H groups in total. The Labute approximate surface area is 209 Å². The van der Waals surface area contributed by atoms with Crippen LogP contribution in [0.25, 0.3) is 0 Å². The van der Waals surface area contributed by atoms with Gasteiger partial charge in [-0.3, -0.25) is 9.35 Å². The van der Waals surface area contributed by atoms with Gasteiger partial charge in [-0.25, -0.2) is 13.8 Å². The van der Waals surface area contributed by atoms with Gasteiger partial charge in [0.25, 0.3) is 16.0 Å². The molecule has 0 bridgehead atoms. The second kappa shape index (κ2) is 11.9. The highest BCUT2D eigenvalue weighted by atomic mass is 35.5. The Morgan fingerprint density at radius 1 is 1.06 bits per heavy atom. The lowest BCUT2D eigenvalue weighted by Crippen LogP contribution is -2.47. The molecule has 1 heterocycles. The first-order valence-corrected chi connectivity index (χ1v) is 13.9. The zero-order chi connectivity index (χ0) is 26.4. The molecule has 0 atom stereocenters. The van der Waals surface area contributed by atoms with E-state index in [1.165, 1.54) is 40.7 Å². The molecule has 1 aliphatic rings. The molecule has 0 radical (unpaired) electrons. The number of piperazine rings is 1. The molecule has 35 heavy (non-hydrogen) atoms. The predicted octanol–water partition coefficient (Wildman–Crippen LogP) is 1.64. The number of amides is 1. The topological polar surface area (TPSA) is 157 Å². The van der Waals surface area contributed by atoms with E-state index >= 15 is 0 Å². The molecule has 0 aliphatic carbocycles. The second-order valence-corrected chi connectivity index (χ2v) is 11.6. The van der Waals surface area contributed by atoms with E-state index in [0.717, 1.165) is 0 Å². The molecular formula is C21H27ClN4O7S2. The number of hydrogen-bond donors (Lipinski definition) is 3. The smallest absolute Gasteiger partial charge is 0.271 e. The Balaban J connectivity index is 0.000000784. The minimum Gasteiger partial charge on any atom is -0.507 e. The zero-order valence-electron chi connectivity index (χ0n) is 19.3. The number of sulfonamides is 1. The Hall–Kier alpha value is -2.55. The van der Waals surface area contributed by atoms with Crippen LogP contribution in [-0.4, -0.2) is 86.8 Å². The van der Waals surface area contributed by atoms with Gasteiger partial charge in [-0.05, 0) is 50.4 Å². The van der Waals surface area contributed by atoms with Crippen LogP contribution in [0.3, 0.4) is 0 Å². The Morgan fingerprint density at radius 2 is 1.66 bits per heavy atom. The molecule has 1 fully saturated rings. The summed E-state index contributed by atoms with van der Waals surface area (Å²) >= 11 is 5.93. The number of phenols is 1. The van der Waals surface area contributed by atoms with Crippen LogP contribution in [0.2, 0.25) is 5.02 Å². The minimum atomic E-state index is -3.68. The van der Waals surface area contributed by atoms with E-state index in [1.54, 1.807) is 13.0 Å². The van der Waals surface area contributed by atoms with Gasteiger partial charge in [-0.1, -0.05) is 17.7 Å². The van der Waals surface area contributed by atoms with Crippen LogP contribution >= 0.6 is 11.6 Å². The zero-order valence-corrected chi connectivity index (χ0v) is 21.7. The molecule has 2 aromatic rings. The van der Waals surface area contributed by atoms with Gasteiger partial charge in [-0.2, -0.15) is 17.8 Å². The molecule has 14 heteroatoms. The number of carbonyl (C=O) groups is 1. The van der Waals surface area contributed by atoms with Crippen molar-refractivity contribution in [2.45, 2.75) is 11.8 Å². The molecule has 1 amide bonds. The summed E-state index contributed by atoms with van der Waals surface area (Å²) in [5.74, 6) is -0.582. The number of benzene rings is 2.